The highest BCUT2D eigenvalue weighted by Crippen LogP contribution is 2.25. The Bertz CT molecular complexity index is 1300. The first-order valence-electron chi connectivity index (χ1n) is 11.1. The van der Waals surface area contributed by atoms with E-state index in [-0.39, 0.29) is 17.3 Å². The second-order valence-corrected chi connectivity index (χ2v) is 9.80. The molecule has 2 N–H and O–H groups in total. The van der Waals surface area contributed by atoms with Crippen LogP contribution in [0.2, 0.25) is 0 Å². The number of rotatable bonds is 6. The van der Waals surface area contributed by atoms with Gasteiger partial charge in [-0.05, 0) is 71.4 Å². The van der Waals surface area contributed by atoms with Crippen molar-refractivity contribution < 1.29 is 18.7 Å². The normalized spacial score (nSPS) is 11.7. The van der Waals surface area contributed by atoms with E-state index in [1.807, 2.05) is 18.2 Å². The lowest BCUT2D eigenvalue weighted by Crippen LogP contribution is -2.48. The molecule has 2 aromatic heterocycles. The molecule has 3 aromatic rings. The van der Waals surface area contributed by atoms with Crippen LogP contribution in [0.4, 0.5) is 16.5 Å². The maximum Gasteiger partial charge on any atom is 0.412 e. The van der Waals surface area contributed by atoms with Crippen LogP contribution in [0, 0.1) is 6.92 Å². The quantitative estimate of drug-likeness (QED) is 0.539. The summed E-state index contributed by atoms with van der Waals surface area (Å²) in [5.41, 5.74) is -0.408. The largest absolute Gasteiger partial charge is 0.444 e. The van der Waals surface area contributed by atoms with Crippen molar-refractivity contribution in [1.82, 2.24) is 14.9 Å². The number of ether oxygens (including phenoxy) is 1. The first-order chi connectivity index (χ1) is 16.3. The van der Waals surface area contributed by atoms with Gasteiger partial charge in [0.25, 0.3) is 6.01 Å². The van der Waals surface area contributed by atoms with Crippen LogP contribution in [-0.2, 0) is 16.1 Å². The van der Waals surface area contributed by atoms with Gasteiger partial charge in [-0.2, -0.15) is 4.98 Å². The number of fused-ring (bicyclic) bond motifs is 1. The van der Waals surface area contributed by atoms with Crippen molar-refractivity contribution in [2.24, 2.45) is 0 Å². The number of carbonyl (C=O) groups excluding carboxylic acids is 2. The summed E-state index contributed by atoms with van der Waals surface area (Å²) in [6.07, 6.45) is 1.03. The molecule has 186 valence electrons. The molecule has 0 fully saturated rings. The lowest BCUT2D eigenvalue weighted by atomic mass is 10.0. The second kappa shape index (κ2) is 9.73. The van der Waals surface area contributed by atoms with Gasteiger partial charge in [-0.25, -0.2) is 9.59 Å². The second-order valence-electron chi connectivity index (χ2n) is 9.80. The van der Waals surface area contributed by atoms with E-state index in [9.17, 15) is 14.4 Å². The number of aryl methyl sites for hydroxylation is 1. The number of carbonyl (C=O) groups is 2. The van der Waals surface area contributed by atoms with E-state index in [2.05, 4.69) is 20.6 Å². The summed E-state index contributed by atoms with van der Waals surface area (Å²) >= 11 is 0. The Kier molecular flexibility index (Phi) is 7.14. The van der Waals surface area contributed by atoms with Crippen molar-refractivity contribution in [3.63, 3.8) is 0 Å². The molecule has 0 saturated heterocycles. The minimum Gasteiger partial charge on any atom is -0.444 e. The number of nitrogens with zero attached hydrogens (tertiary/aromatic N) is 3. The Morgan fingerprint density at radius 1 is 1.11 bits per heavy atom. The number of pyridine rings is 1. The average molecular weight is 482 g/mol. The van der Waals surface area contributed by atoms with Gasteiger partial charge in [0, 0.05) is 18.9 Å². The van der Waals surface area contributed by atoms with Crippen molar-refractivity contribution in [2.45, 2.75) is 59.2 Å². The lowest BCUT2D eigenvalue weighted by Gasteiger charge is -2.29. The molecule has 0 saturated carbocycles. The van der Waals surface area contributed by atoms with Crippen LogP contribution >= 0.6 is 0 Å². The van der Waals surface area contributed by atoms with Crippen LogP contribution in [-0.4, -0.2) is 45.1 Å². The Balaban J connectivity index is 1.81. The Hall–Kier alpha value is -3.95. The van der Waals surface area contributed by atoms with E-state index in [4.69, 9.17) is 9.15 Å². The summed E-state index contributed by atoms with van der Waals surface area (Å²) in [6.45, 7) is 10.6. The number of nitrogens with one attached hydrogen (secondary N) is 2. The highest BCUT2D eigenvalue weighted by Gasteiger charge is 2.32. The topological polar surface area (TPSA) is 127 Å². The van der Waals surface area contributed by atoms with E-state index in [0.29, 0.717) is 23.3 Å². The fraction of sp³-hybridized carbons (Fsp3) is 0.400. The SMILES string of the molecule is Cc1c(NC(=O)OC(C)(C)C)ccc2nc(NC(C)(C)C(=O)N(C)Cc3ccccn3)oc(=O)c12. The summed E-state index contributed by atoms with van der Waals surface area (Å²) in [4.78, 5) is 48.2. The van der Waals surface area contributed by atoms with Crippen LogP contribution < -0.4 is 16.3 Å². The van der Waals surface area contributed by atoms with Crippen molar-refractivity contribution >= 4 is 34.6 Å². The molecule has 2 amide bonds. The van der Waals surface area contributed by atoms with Crippen LogP contribution in [0.1, 0.15) is 45.9 Å². The monoisotopic (exact) mass is 481 g/mol. The molecule has 0 aliphatic rings. The number of benzene rings is 1. The van der Waals surface area contributed by atoms with Crippen LogP contribution in [0.3, 0.4) is 0 Å². The van der Waals surface area contributed by atoms with Gasteiger partial charge in [0.05, 0.1) is 23.1 Å². The molecule has 3 rings (SSSR count). The molecule has 0 atom stereocenters. The van der Waals surface area contributed by atoms with Gasteiger partial charge in [-0.15, -0.1) is 0 Å². The van der Waals surface area contributed by atoms with E-state index < -0.39 is 22.9 Å². The zero-order valence-electron chi connectivity index (χ0n) is 21.1. The molecule has 10 nitrogen and oxygen atoms in total. The molecule has 10 heteroatoms. The molecular formula is C25H31N5O5. The molecule has 0 spiro atoms. The van der Waals surface area contributed by atoms with Gasteiger partial charge in [0.15, 0.2) is 0 Å². The Morgan fingerprint density at radius 3 is 2.46 bits per heavy atom. The van der Waals surface area contributed by atoms with Crippen molar-refractivity contribution in [3.05, 3.63) is 58.2 Å². The Morgan fingerprint density at radius 2 is 1.83 bits per heavy atom. The predicted molar refractivity (Wildman–Crippen MR) is 133 cm³/mol. The summed E-state index contributed by atoms with van der Waals surface area (Å²) in [5, 5.41) is 5.80. The smallest absolute Gasteiger partial charge is 0.412 e. The maximum atomic E-state index is 13.1. The van der Waals surface area contributed by atoms with Crippen molar-refractivity contribution in [3.8, 4) is 0 Å². The minimum atomic E-state index is -1.12. The third-order valence-electron chi connectivity index (χ3n) is 5.12. The fourth-order valence-corrected chi connectivity index (χ4v) is 3.53. The summed E-state index contributed by atoms with van der Waals surface area (Å²) < 4.78 is 10.7. The Labute approximate surface area is 203 Å². The zero-order valence-corrected chi connectivity index (χ0v) is 21.1. The molecule has 0 radical (unpaired) electrons. The third-order valence-corrected chi connectivity index (χ3v) is 5.12. The number of hydrogen-bond acceptors (Lipinski definition) is 8. The molecule has 2 heterocycles. The highest BCUT2D eigenvalue weighted by atomic mass is 16.6. The van der Waals surface area contributed by atoms with Crippen LogP contribution in [0.15, 0.2) is 45.7 Å². The molecule has 35 heavy (non-hydrogen) atoms. The van der Waals surface area contributed by atoms with Gasteiger partial charge in [0.1, 0.15) is 11.1 Å². The molecule has 0 bridgehead atoms. The van der Waals surface area contributed by atoms with E-state index in [1.54, 1.807) is 66.9 Å². The predicted octanol–water partition coefficient (Wildman–Crippen LogP) is 4.09. The van der Waals surface area contributed by atoms with E-state index in [0.717, 1.165) is 5.69 Å². The van der Waals surface area contributed by atoms with Crippen LogP contribution in [0.25, 0.3) is 10.9 Å². The minimum absolute atomic E-state index is 0.0839. The van der Waals surface area contributed by atoms with Crippen molar-refractivity contribution in [2.75, 3.05) is 17.7 Å². The summed E-state index contributed by atoms with van der Waals surface area (Å²) in [6, 6.07) is 8.65. The molecule has 0 aliphatic heterocycles. The number of anilines is 2. The first kappa shape index (κ1) is 25.7. The molecular weight excluding hydrogens is 450 g/mol. The standard InChI is InChI=1S/C25H31N5O5/c1-15-17(28-23(33)35-24(2,3)4)11-12-18-19(15)20(31)34-22(27-18)29-25(5,6)21(32)30(7)14-16-10-8-9-13-26-16/h8-13H,14H2,1-7H3,(H,27,29)(H,28,33). The maximum absolute atomic E-state index is 13.1. The van der Waals surface area contributed by atoms with Gasteiger partial charge >= 0.3 is 11.7 Å². The summed E-state index contributed by atoms with van der Waals surface area (Å²) in [7, 11) is 1.67. The number of likely N-dealkylation sites (N-methyl/N-ethyl adjacent to an activating group) is 1. The lowest BCUT2D eigenvalue weighted by molar-refractivity contribution is -0.134. The number of hydrogen-bond donors (Lipinski definition) is 2. The van der Waals surface area contributed by atoms with Gasteiger partial charge in [0.2, 0.25) is 5.91 Å². The van der Waals surface area contributed by atoms with Gasteiger partial charge in [-0.1, -0.05) is 6.07 Å². The summed E-state index contributed by atoms with van der Waals surface area (Å²) in [5.74, 6) is -0.235. The van der Waals surface area contributed by atoms with Gasteiger partial charge in [-0.3, -0.25) is 15.1 Å². The number of aromatic nitrogens is 2. The zero-order chi connectivity index (χ0) is 26.0. The molecule has 0 unspecified atom stereocenters. The fourth-order valence-electron chi connectivity index (χ4n) is 3.53. The van der Waals surface area contributed by atoms with E-state index in [1.165, 1.54) is 4.90 Å². The van der Waals surface area contributed by atoms with Crippen molar-refractivity contribution in [1.29, 1.82) is 0 Å². The third kappa shape index (κ3) is 6.34. The highest BCUT2D eigenvalue weighted by molar-refractivity contribution is 5.93. The molecule has 0 aliphatic carbocycles. The molecule has 1 aromatic carbocycles. The first-order valence-corrected chi connectivity index (χ1v) is 11.1. The average Bonchev–Trinajstić information content (AvgIpc) is 2.74. The van der Waals surface area contributed by atoms with Crippen LogP contribution in [0.5, 0.6) is 0 Å². The number of amides is 2. The van der Waals surface area contributed by atoms with E-state index >= 15 is 0 Å². The van der Waals surface area contributed by atoms with Gasteiger partial charge < -0.3 is 19.4 Å².